The Bertz CT molecular complexity index is 763. The van der Waals surface area contributed by atoms with Gasteiger partial charge in [-0.05, 0) is 19.4 Å². The number of nitrogens with zero attached hydrogens (tertiary/aromatic N) is 4. The number of anilines is 1. The zero-order valence-electron chi connectivity index (χ0n) is 16.7. The molecule has 1 aliphatic heterocycles. The van der Waals surface area contributed by atoms with Gasteiger partial charge in [-0.15, -0.1) is 0 Å². The minimum Gasteiger partial charge on any atom is -0.379 e. The van der Waals surface area contributed by atoms with Crippen LogP contribution in [0.4, 0.5) is 5.82 Å². The summed E-state index contributed by atoms with van der Waals surface area (Å²) in [6.45, 7) is 10.2. The maximum Gasteiger partial charge on any atom is 0.272 e. The summed E-state index contributed by atoms with van der Waals surface area (Å²) < 4.78 is 5.37. The molecule has 0 atom stereocenters. The van der Waals surface area contributed by atoms with Gasteiger partial charge < -0.3 is 15.0 Å². The molecule has 1 aromatic heterocycles. The molecule has 0 spiro atoms. The Labute approximate surface area is 166 Å². The van der Waals surface area contributed by atoms with Crippen LogP contribution in [0.3, 0.4) is 0 Å². The zero-order valence-corrected chi connectivity index (χ0v) is 16.7. The Morgan fingerprint density at radius 3 is 2.68 bits per heavy atom. The smallest absolute Gasteiger partial charge is 0.272 e. The third-order valence-corrected chi connectivity index (χ3v) is 4.78. The number of ether oxygens (including phenoxy) is 1. The number of aryl methyl sites for hydroxylation is 1. The molecule has 0 aliphatic carbocycles. The quantitative estimate of drug-likeness (QED) is 0.754. The molecule has 1 aromatic carbocycles. The van der Waals surface area contributed by atoms with Crippen LogP contribution < -0.4 is 5.32 Å². The van der Waals surface area contributed by atoms with Crippen LogP contribution in [0.5, 0.6) is 0 Å². The fraction of sp³-hybridized carbons (Fsp3) is 0.476. The molecule has 7 heteroatoms. The van der Waals surface area contributed by atoms with Crippen molar-refractivity contribution in [1.29, 1.82) is 0 Å². The van der Waals surface area contributed by atoms with E-state index >= 15 is 0 Å². The predicted molar refractivity (Wildman–Crippen MR) is 109 cm³/mol. The minimum absolute atomic E-state index is 0.0758. The van der Waals surface area contributed by atoms with Crippen molar-refractivity contribution < 1.29 is 9.53 Å². The summed E-state index contributed by atoms with van der Waals surface area (Å²) in [5.41, 5.74) is 1.53. The highest BCUT2D eigenvalue weighted by Gasteiger charge is 2.18. The molecule has 1 saturated heterocycles. The Morgan fingerprint density at radius 2 is 1.96 bits per heavy atom. The van der Waals surface area contributed by atoms with E-state index in [9.17, 15) is 4.79 Å². The zero-order chi connectivity index (χ0) is 19.8. The summed E-state index contributed by atoms with van der Waals surface area (Å²) in [5, 5.41) is 3.33. The summed E-state index contributed by atoms with van der Waals surface area (Å²) >= 11 is 0. The standard InChI is InChI=1S/C21H29N5O2/c1-3-26(16-18-7-5-4-6-8-18)21(27)19-15-20(24-17(2)23-19)22-9-10-25-11-13-28-14-12-25/h4-8,15H,3,9-14,16H2,1-2H3,(H,22,23,24). The number of aromatic nitrogens is 2. The van der Waals surface area contributed by atoms with Gasteiger partial charge in [-0.1, -0.05) is 30.3 Å². The van der Waals surface area contributed by atoms with Crippen LogP contribution in [-0.2, 0) is 11.3 Å². The van der Waals surface area contributed by atoms with Crippen molar-refractivity contribution >= 4 is 11.7 Å². The molecule has 1 fully saturated rings. The monoisotopic (exact) mass is 383 g/mol. The Kier molecular flexibility index (Phi) is 7.33. The van der Waals surface area contributed by atoms with E-state index < -0.39 is 0 Å². The van der Waals surface area contributed by atoms with Gasteiger partial charge in [0.25, 0.3) is 5.91 Å². The number of morpholine rings is 1. The van der Waals surface area contributed by atoms with Gasteiger partial charge in [0.1, 0.15) is 17.3 Å². The fourth-order valence-corrected chi connectivity index (χ4v) is 3.23. The normalized spacial score (nSPS) is 14.6. The van der Waals surface area contributed by atoms with Crippen LogP contribution in [0.25, 0.3) is 0 Å². The molecule has 150 valence electrons. The van der Waals surface area contributed by atoms with Crippen molar-refractivity contribution in [3.05, 3.63) is 53.5 Å². The first-order valence-electron chi connectivity index (χ1n) is 9.88. The molecular formula is C21H29N5O2. The van der Waals surface area contributed by atoms with Gasteiger partial charge in [0.05, 0.1) is 13.2 Å². The van der Waals surface area contributed by atoms with Crippen molar-refractivity contribution in [2.24, 2.45) is 0 Å². The third kappa shape index (κ3) is 5.74. The van der Waals surface area contributed by atoms with Crippen molar-refractivity contribution in [1.82, 2.24) is 19.8 Å². The molecule has 0 saturated carbocycles. The number of carbonyl (C=O) groups excluding carboxylic acids is 1. The number of nitrogens with one attached hydrogen (secondary N) is 1. The number of hydrogen-bond donors (Lipinski definition) is 1. The van der Waals surface area contributed by atoms with Crippen LogP contribution in [0.15, 0.2) is 36.4 Å². The summed E-state index contributed by atoms with van der Waals surface area (Å²) in [4.78, 5) is 26.0. The summed E-state index contributed by atoms with van der Waals surface area (Å²) in [7, 11) is 0. The van der Waals surface area contributed by atoms with E-state index in [-0.39, 0.29) is 5.91 Å². The SMILES string of the molecule is CCN(Cc1ccccc1)C(=O)c1cc(NCCN2CCOCC2)nc(C)n1. The number of amides is 1. The Balaban J connectivity index is 1.62. The van der Waals surface area contributed by atoms with E-state index in [4.69, 9.17) is 4.74 Å². The van der Waals surface area contributed by atoms with Gasteiger partial charge in [0.2, 0.25) is 0 Å². The Hall–Kier alpha value is -2.51. The summed E-state index contributed by atoms with van der Waals surface area (Å²) in [6.07, 6.45) is 0. The molecule has 0 unspecified atom stereocenters. The first kappa shape index (κ1) is 20.2. The van der Waals surface area contributed by atoms with Gasteiger partial charge >= 0.3 is 0 Å². The fourth-order valence-electron chi connectivity index (χ4n) is 3.23. The average molecular weight is 383 g/mol. The largest absolute Gasteiger partial charge is 0.379 e. The van der Waals surface area contributed by atoms with Crippen molar-refractivity contribution in [3.8, 4) is 0 Å². The molecule has 2 heterocycles. The van der Waals surface area contributed by atoms with Crippen LogP contribution in [0.1, 0.15) is 28.8 Å². The molecule has 0 radical (unpaired) electrons. The second kappa shape index (κ2) is 10.1. The second-order valence-electron chi connectivity index (χ2n) is 6.87. The molecule has 1 aliphatic rings. The van der Waals surface area contributed by atoms with Gasteiger partial charge in [-0.25, -0.2) is 9.97 Å². The number of rotatable bonds is 8. The van der Waals surface area contributed by atoms with E-state index in [0.717, 1.165) is 45.0 Å². The lowest BCUT2D eigenvalue weighted by Gasteiger charge is -2.26. The lowest BCUT2D eigenvalue weighted by Crippen LogP contribution is -2.39. The maximum absolute atomic E-state index is 13.0. The number of hydrogen-bond acceptors (Lipinski definition) is 6. The van der Waals surface area contributed by atoms with Crippen LogP contribution in [0, 0.1) is 6.92 Å². The van der Waals surface area contributed by atoms with E-state index in [1.54, 1.807) is 11.0 Å². The minimum atomic E-state index is -0.0758. The van der Waals surface area contributed by atoms with E-state index in [0.29, 0.717) is 30.4 Å². The first-order valence-corrected chi connectivity index (χ1v) is 9.88. The van der Waals surface area contributed by atoms with Crippen molar-refractivity contribution in [3.63, 3.8) is 0 Å². The molecule has 2 aromatic rings. The third-order valence-electron chi connectivity index (χ3n) is 4.78. The highest BCUT2D eigenvalue weighted by molar-refractivity contribution is 5.93. The summed E-state index contributed by atoms with van der Waals surface area (Å²) in [6, 6.07) is 11.8. The molecule has 7 nitrogen and oxygen atoms in total. The lowest BCUT2D eigenvalue weighted by atomic mass is 10.2. The van der Waals surface area contributed by atoms with Gasteiger partial charge in [-0.2, -0.15) is 0 Å². The van der Waals surface area contributed by atoms with Crippen molar-refractivity contribution in [2.45, 2.75) is 20.4 Å². The predicted octanol–water partition coefficient (Wildman–Crippen LogP) is 2.19. The number of benzene rings is 1. The Morgan fingerprint density at radius 1 is 1.21 bits per heavy atom. The molecule has 3 rings (SSSR count). The molecule has 1 N–H and O–H groups in total. The molecule has 0 bridgehead atoms. The highest BCUT2D eigenvalue weighted by Crippen LogP contribution is 2.12. The van der Waals surface area contributed by atoms with E-state index in [1.807, 2.05) is 44.2 Å². The van der Waals surface area contributed by atoms with Crippen LogP contribution >= 0.6 is 0 Å². The lowest BCUT2D eigenvalue weighted by molar-refractivity contribution is 0.0398. The van der Waals surface area contributed by atoms with E-state index in [1.165, 1.54) is 0 Å². The number of carbonyl (C=O) groups is 1. The topological polar surface area (TPSA) is 70.6 Å². The van der Waals surface area contributed by atoms with E-state index in [2.05, 4.69) is 20.2 Å². The summed E-state index contributed by atoms with van der Waals surface area (Å²) in [5.74, 6) is 1.21. The molecule has 1 amide bonds. The van der Waals surface area contributed by atoms with Gasteiger partial charge in [0, 0.05) is 45.3 Å². The highest BCUT2D eigenvalue weighted by atomic mass is 16.5. The van der Waals surface area contributed by atoms with Crippen molar-refractivity contribution in [2.75, 3.05) is 51.3 Å². The van der Waals surface area contributed by atoms with Gasteiger partial charge in [-0.3, -0.25) is 9.69 Å². The second-order valence-corrected chi connectivity index (χ2v) is 6.87. The molecule has 28 heavy (non-hydrogen) atoms. The first-order chi connectivity index (χ1) is 13.7. The van der Waals surface area contributed by atoms with Gasteiger partial charge in [0.15, 0.2) is 0 Å². The van der Waals surface area contributed by atoms with Crippen LogP contribution in [0.2, 0.25) is 0 Å². The van der Waals surface area contributed by atoms with Crippen LogP contribution in [-0.4, -0.2) is 71.6 Å². The molecular weight excluding hydrogens is 354 g/mol. The maximum atomic E-state index is 13.0. The average Bonchev–Trinajstić information content (AvgIpc) is 2.72.